The van der Waals surface area contributed by atoms with Crippen molar-refractivity contribution in [2.45, 2.75) is 56.0 Å². The number of fused-ring (bicyclic) bond motifs is 1. The minimum absolute atomic E-state index is 0.0362. The lowest BCUT2D eigenvalue weighted by molar-refractivity contribution is -0.116. The third kappa shape index (κ3) is 4.71. The molecule has 7 heteroatoms. The molecule has 0 radical (unpaired) electrons. The van der Waals surface area contributed by atoms with Crippen molar-refractivity contribution in [2.75, 3.05) is 5.32 Å². The van der Waals surface area contributed by atoms with Crippen molar-refractivity contribution in [3.63, 3.8) is 0 Å². The Balaban J connectivity index is 1.54. The number of anilines is 1. The Labute approximate surface area is 185 Å². The molecule has 1 N–H and O–H groups in total. The van der Waals surface area contributed by atoms with Gasteiger partial charge in [0.05, 0.1) is 16.2 Å². The van der Waals surface area contributed by atoms with E-state index in [4.69, 9.17) is 4.98 Å². The van der Waals surface area contributed by atoms with Crippen LogP contribution in [0.25, 0.3) is 10.9 Å². The number of aromatic nitrogens is 2. The van der Waals surface area contributed by atoms with Crippen LogP contribution in [0.4, 0.5) is 5.69 Å². The van der Waals surface area contributed by atoms with Gasteiger partial charge in [-0.2, -0.15) is 0 Å². The molecule has 0 saturated heterocycles. The third-order valence-electron chi connectivity index (χ3n) is 5.27. The molecule has 0 spiro atoms. The van der Waals surface area contributed by atoms with Crippen LogP contribution in [0.2, 0.25) is 0 Å². The van der Waals surface area contributed by atoms with E-state index in [1.807, 2.05) is 32.0 Å². The summed E-state index contributed by atoms with van der Waals surface area (Å²) in [6.45, 7) is 3.79. The number of Topliss-reactive ketones (excluding diaryl/α,β-unsaturated/α-hetero) is 1. The fourth-order valence-electron chi connectivity index (χ4n) is 3.48. The highest BCUT2D eigenvalue weighted by atomic mass is 32.2. The van der Waals surface area contributed by atoms with Crippen molar-refractivity contribution in [2.24, 2.45) is 0 Å². The molecule has 1 atom stereocenters. The Morgan fingerprint density at radius 3 is 2.55 bits per heavy atom. The Morgan fingerprint density at radius 1 is 1.16 bits per heavy atom. The predicted molar refractivity (Wildman–Crippen MR) is 124 cm³/mol. The van der Waals surface area contributed by atoms with E-state index in [1.165, 1.54) is 11.8 Å². The van der Waals surface area contributed by atoms with Crippen molar-refractivity contribution in [1.29, 1.82) is 0 Å². The van der Waals surface area contributed by atoms with Gasteiger partial charge in [0.1, 0.15) is 0 Å². The Kier molecular flexibility index (Phi) is 6.23. The minimum Gasteiger partial charge on any atom is -0.326 e. The number of nitrogens with one attached hydrogen (secondary N) is 1. The first-order valence-electron chi connectivity index (χ1n) is 10.6. The van der Waals surface area contributed by atoms with E-state index in [0.29, 0.717) is 33.7 Å². The van der Waals surface area contributed by atoms with Crippen molar-refractivity contribution in [3.05, 3.63) is 64.4 Å². The average molecular weight is 436 g/mol. The lowest BCUT2D eigenvalue weighted by Gasteiger charge is -2.15. The molecule has 1 saturated carbocycles. The molecule has 6 nitrogen and oxygen atoms in total. The van der Waals surface area contributed by atoms with Gasteiger partial charge >= 0.3 is 0 Å². The van der Waals surface area contributed by atoms with Crippen LogP contribution in [0, 0.1) is 0 Å². The summed E-state index contributed by atoms with van der Waals surface area (Å²) in [5, 5.41) is 3.62. The van der Waals surface area contributed by atoms with Gasteiger partial charge in [0, 0.05) is 23.7 Å². The zero-order valence-corrected chi connectivity index (χ0v) is 18.4. The van der Waals surface area contributed by atoms with Gasteiger partial charge < -0.3 is 5.32 Å². The SMILES string of the molecule is CCCC(=O)Nc1ccc(C(=O)C(C)Sc2nc3ccccc3c(=O)n2C2CC2)cc1. The fourth-order valence-corrected chi connectivity index (χ4v) is 4.53. The molecule has 1 aromatic heterocycles. The highest BCUT2D eigenvalue weighted by Gasteiger charge is 2.30. The molecule has 1 unspecified atom stereocenters. The molecule has 0 aliphatic heterocycles. The lowest BCUT2D eigenvalue weighted by atomic mass is 10.1. The zero-order chi connectivity index (χ0) is 22.0. The number of carbonyl (C=O) groups excluding carboxylic acids is 2. The Morgan fingerprint density at radius 2 is 1.87 bits per heavy atom. The summed E-state index contributed by atoms with van der Waals surface area (Å²) in [5.74, 6) is -0.0767. The summed E-state index contributed by atoms with van der Waals surface area (Å²) in [6, 6.07) is 14.4. The van der Waals surface area contributed by atoms with Crippen LogP contribution in [0.1, 0.15) is 55.9 Å². The second-order valence-corrected chi connectivity index (χ2v) is 9.13. The van der Waals surface area contributed by atoms with Crippen molar-refractivity contribution < 1.29 is 9.59 Å². The van der Waals surface area contributed by atoms with Gasteiger partial charge in [-0.1, -0.05) is 30.8 Å². The molecular weight excluding hydrogens is 410 g/mol. The molecule has 1 fully saturated rings. The summed E-state index contributed by atoms with van der Waals surface area (Å²) in [5.41, 5.74) is 1.85. The zero-order valence-electron chi connectivity index (χ0n) is 17.6. The molecule has 0 bridgehead atoms. The number of benzene rings is 2. The van der Waals surface area contributed by atoms with E-state index in [9.17, 15) is 14.4 Å². The summed E-state index contributed by atoms with van der Waals surface area (Å²) in [6.07, 6.45) is 3.17. The van der Waals surface area contributed by atoms with Gasteiger partial charge in [-0.25, -0.2) is 4.98 Å². The molecule has 1 aliphatic carbocycles. The Hall–Kier alpha value is -2.93. The second kappa shape index (κ2) is 9.06. The third-order valence-corrected chi connectivity index (χ3v) is 6.34. The van der Waals surface area contributed by atoms with Gasteiger partial charge in [-0.3, -0.25) is 19.0 Å². The summed E-state index contributed by atoms with van der Waals surface area (Å²) in [7, 11) is 0. The normalized spacial score (nSPS) is 14.4. The second-order valence-electron chi connectivity index (χ2n) is 7.82. The summed E-state index contributed by atoms with van der Waals surface area (Å²) >= 11 is 1.32. The van der Waals surface area contributed by atoms with Gasteiger partial charge in [-0.15, -0.1) is 0 Å². The number of hydrogen-bond donors (Lipinski definition) is 1. The van der Waals surface area contributed by atoms with Gasteiger partial charge in [0.25, 0.3) is 5.56 Å². The van der Waals surface area contributed by atoms with Crippen LogP contribution in [0.5, 0.6) is 0 Å². The fraction of sp³-hybridized carbons (Fsp3) is 0.333. The van der Waals surface area contributed by atoms with Crippen LogP contribution in [-0.4, -0.2) is 26.5 Å². The molecule has 1 amide bonds. The van der Waals surface area contributed by atoms with E-state index in [0.717, 1.165) is 19.3 Å². The molecule has 2 aromatic carbocycles. The minimum atomic E-state index is -0.404. The first kappa shape index (κ1) is 21.3. The van der Waals surface area contributed by atoms with Crippen LogP contribution < -0.4 is 10.9 Å². The molecule has 3 aromatic rings. The van der Waals surface area contributed by atoms with Gasteiger partial charge in [-0.05, 0) is 62.6 Å². The molecular formula is C24H25N3O3S. The van der Waals surface area contributed by atoms with E-state index in [1.54, 1.807) is 34.9 Å². The number of hydrogen-bond acceptors (Lipinski definition) is 5. The number of carbonyl (C=O) groups is 2. The average Bonchev–Trinajstić information content (AvgIpc) is 3.59. The Bertz CT molecular complexity index is 1180. The topological polar surface area (TPSA) is 81.1 Å². The largest absolute Gasteiger partial charge is 0.326 e. The molecule has 160 valence electrons. The maximum absolute atomic E-state index is 13.0. The molecule has 1 heterocycles. The van der Waals surface area contributed by atoms with Crippen molar-refractivity contribution in [3.8, 4) is 0 Å². The quantitative estimate of drug-likeness (QED) is 0.311. The van der Waals surface area contributed by atoms with Gasteiger partial charge in [0.2, 0.25) is 5.91 Å². The van der Waals surface area contributed by atoms with E-state index in [2.05, 4.69) is 5.32 Å². The highest BCUT2D eigenvalue weighted by molar-refractivity contribution is 8.00. The lowest BCUT2D eigenvalue weighted by Crippen LogP contribution is -2.24. The predicted octanol–water partition coefficient (Wildman–Crippen LogP) is 4.83. The van der Waals surface area contributed by atoms with Crippen LogP contribution in [-0.2, 0) is 4.79 Å². The van der Waals surface area contributed by atoms with E-state index in [-0.39, 0.29) is 23.3 Å². The van der Waals surface area contributed by atoms with Crippen molar-refractivity contribution >= 4 is 40.0 Å². The monoisotopic (exact) mass is 435 g/mol. The van der Waals surface area contributed by atoms with Crippen LogP contribution in [0.3, 0.4) is 0 Å². The number of amides is 1. The summed E-state index contributed by atoms with van der Waals surface area (Å²) in [4.78, 5) is 42.5. The number of para-hydroxylation sites is 1. The standard InChI is InChI=1S/C24H25N3O3S/c1-3-6-21(28)25-17-11-9-16(10-12-17)22(29)15(2)31-24-26-20-8-5-4-7-19(20)23(30)27(24)18-13-14-18/h4-5,7-12,15,18H,3,6,13-14H2,1-2H3,(H,25,28). The molecule has 1 aliphatic rings. The highest BCUT2D eigenvalue weighted by Crippen LogP contribution is 2.38. The van der Waals surface area contributed by atoms with Crippen LogP contribution in [0.15, 0.2) is 58.5 Å². The van der Waals surface area contributed by atoms with E-state index >= 15 is 0 Å². The number of ketones is 1. The van der Waals surface area contributed by atoms with Crippen molar-refractivity contribution in [1.82, 2.24) is 9.55 Å². The first-order chi connectivity index (χ1) is 15.0. The molecule has 31 heavy (non-hydrogen) atoms. The van der Waals surface area contributed by atoms with Gasteiger partial charge in [0.15, 0.2) is 10.9 Å². The molecule has 4 rings (SSSR count). The van der Waals surface area contributed by atoms with Crippen LogP contribution >= 0.6 is 11.8 Å². The van der Waals surface area contributed by atoms with E-state index < -0.39 is 5.25 Å². The maximum Gasteiger partial charge on any atom is 0.262 e. The summed E-state index contributed by atoms with van der Waals surface area (Å²) < 4.78 is 1.75. The number of rotatable bonds is 8. The number of nitrogens with zero attached hydrogens (tertiary/aromatic N) is 2. The maximum atomic E-state index is 13.0. The smallest absolute Gasteiger partial charge is 0.262 e. The number of thioether (sulfide) groups is 1. The first-order valence-corrected chi connectivity index (χ1v) is 11.5.